The summed E-state index contributed by atoms with van der Waals surface area (Å²) in [6.07, 6.45) is 4.01. The molecular formula is C16H23NO2S. The van der Waals surface area contributed by atoms with E-state index in [1.54, 1.807) is 11.8 Å². The Morgan fingerprint density at radius 2 is 2.00 bits per heavy atom. The molecule has 0 aromatic heterocycles. The lowest BCUT2D eigenvalue weighted by atomic mass is 9.92. The molecule has 1 aromatic rings. The Morgan fingerprint density at radius 3 is 2.70 bits per heavy atom. The van der Waals surface area contributed by atoms with Crippen LogP contribution in [0.2, 0.25) is 0 Å². The molecule has 0 spiro atoms. The van der Waals surface area contributed by atoms with Crippen LogP contribution >= 0.6 is 11.8 Å². The Balaban J connectivity index is 1.68. The maximum absolute atomic E-state index is 11.9. The third-order valence-corrected chi connectivity index (χ3v) is 4.71. The highest BCUT2D eigenvalue weighted by Crippen LogP contribution is 2.20. The molecule has 1 aliphatic rings. The van der Waals surface area contributed by atoms with Gasteiger partial charge in [-0.3, -0.25) is 4.79 Å². The number of carbonyl (C=O) groups excluding carboxylic acids is 1. The minimum Gasteiger partial charge on any atom is -0.391 e. The quantitative estimate of drug-likeness (QED) is 0.821. The lowest BCUT2D eigenvalue weighted by Gasteiger charge is -2.28. The molecule has 4 heteroatoms. The molecular weight excluding hydrogens is 270 g/mol. The highest BCUT2D eigenvalue weighted by molar-refractivity contribution is 7.99. The van der Waals surface area contributed by atoms with Crippen molar-refractivity contribution in [3.63, 3.8) is 0 Å². The monoisotopic (exact) mass is 293 g/mol. The molecule has 0 bridgehead atoms. The van der Waals surface area contributed by atoms with Gasteiger partial charge in [-0.2, -0.15) is 0 Å². The summed E-state index contributed by atoms with van der Waals surface area (Å²) in [5, 5.41) is 12.8. The summed E-state index contributed by atoms with van der Waals surface area (Å²) < 4.78 is 0. The first kappa shape index (κ1) is 15.4. The van der Waals surface area contributed by atoms with E-state index in [1.807, 2.05) is 0 Å². The first-order valence-electron chi connectivity index (χ1n) is 7.32. The van der Waals surface area contributed by atoms with E-state index >= 15 is 0 Å². The van der Waals surface area contributed by atoms with Crippen LogP contribution in [0.15, 0.2) is 29.2 Å². The van der Waals surface area contributed by atoms with Crippen LogP contribution in [0.1, 0.15) is 37.7 Å². The molecule has 20 heavy (non-hydrogen) atoms. The van der Waals surface area contributed by atoms with Gasteiger partial charge in [-0.15, -0.1) is 11.8 Å². The van der Waals surface area contributed by atoms with Gasteiger partial charge in [0.05, 0.1) is 12.1 Å². The second-order valence-corrected chi connectivity index (χ2v) is 6.61. The second-order valence-electron chi connectivity index (χ2n) is 5.44. The first-order valence-corrected chi connectivity index (χ1v) is 8.30. The van der Waals surface area contributed by atoms with E-state index in [2.05, 4.69) is 36.5 Å². The van der Waals surface area contributed by atoms with Gasteiger partial charge in [0.15, 0.2) is 0 Å². The fourth-order valence-corrected chi connectivity index (χ4v) is 3.31. The number of rotatable bonds is 5. The molecule has 1 aliphatic carbocycles. The topological polar surface area (TPSA) is 49.3 Å². The number of aryl methyl sites for hydroxylation is 1. The van der Waals surface area contributed by atoms with Crippen molar-refractivity contribution in [1.29, 1.82) is 0 Å². The Morgan fingerprint density at radius 1 is 1.30 bits per heavy atom. The van der Waals surface area contributed by atoms with Crippen LogP contribution in [0.4, 0.5) is 0 Å². The van der Waals surface area contributed by atoms with Crippen LogP contribution in [0.3, 0.4) is 0 Å². The molecule has 110 valence electrons. The Kier molecular flexibility index (Phi) is 5.92. The average Bonchev–Trinajstić information content (AvgIpc) is 2.44. The number of thioether (sulfide) groups is 1. The largest absolute Gasteiger partial charge is 0.391 e. The van der Waals surface area contributed by atoms with Crippen LogP contribution in [0.25, 0.3) is 0 Å². The maximum Gasteiger partial charge on any atom is 0.221 e. The number of amides is 1. The van der Waals surface area contributed by atoms with Gasteiger partial charge < -0.3 is 10.4 Å². The van der Waals surface area contributed by atoms with Crippen LogP contribution in [-0.2, 0) is 4.79 Å². The summed E-state index contributed by atoms with van der Waals surface area (Å²) in [7, 11) is 0. The molecule has 0 aliphatic heterocycles. The van der Waals surface area contributed by atoms with Gasteiger partial charge in [0.2, 0.25) is 5.91 Å². The number of nitrogens with one attached hydrogen (secondary N) is 1. The molecule has 3 nitrogen and oxygen atoms in total. The van der Waals surface area contributed by atoms with E-state index in [0.29, 0.717) is 6.42 Å². The van der Waals surface area contributed by atoms with Gasteiger partial charge in [-0.05, 0) is 31.9 Å². The smallest absolute Gasteiger partial charge is 0.221 e. The molecule has 0 heterocycles. The molecule has 1 amide bonds. The Bertz CT molecular complexity index is 433. The fraction of sp³-hybridized carbons (Fsp3) is 0.562. The lowest BCUT2D eigenvalue weighted by Crippen LogP contribution is -2.45. The molecule has 2 atom stereocenters. The molecule has 1 aromatic carbocycles. The zero-order valence-electron chi connectivity index (χ0n) is 12.0. The van der Waals surface area contributed by atoms with Gasteiger partial charge in [-0.1, -0.05) is 30.5 Å². The minimum atomic E-state index is -0.363. The molecule has 0 unspecified atom stereocenters. The zero-order chi connectivity index (χ0) is 14.4. The lowest BCUT2D eigenvalue weighted by molar-refractivity contribution is -0.122. The van der Waals surface area contributed by atoms with Crippen LogP contribution < -0.4 is 5.32 Å². The van der Waals surface area contributed by atoms with Gasteiger partial charge in [-0.25, -0.2) is 0 Å². The summed E-state index contributed by atoms with van der Waals surface area (Å²) in [6, 6.07) is 8.30. The second kappa shape index (κ2) is 7.70. The standard InChI is InChI=1S/C16H23NO2S/c1-12-6-8-13(9-7-12)20-11-10-16(19)17-14-4-2-3-5-15(14)18/h6-9,14-15,18H,2-5,10-11H2,1H3,(H,17,19)/t14-,15-/m1/s1. The van der Waals surface area contributed by atoms with Crippen molar-refractivity contribution in [2.24, 2.45) is 0 Å². The van der Waals surface area contributed by atoms with Crippen LogP contribution in [0.5, 0.6) is 0 Å². The summed E-state index contributed by atoms with van der Waals surface area (Å²) in [5.41, 5.74) is 1.25. The third-order valence-electron chi connectivity index (χ3n) is 3.69. The van der Waals surface area contributed by atoms with Crippen molar-refractivity contribution in [1.82, 2.24) is 5.32 Å². The van der Waals surface area contributed by atoms with E-state index in [0.717, 1.165) is 31.4 Å². The van der Waals surface area contributed by atoms with Crippen molar-refractivity contribution >= 4 is 17.7 Å². The Hall–Kier alpha value is -1.00. The molecule has 2 rings (SSSR count). The fourth-order valence-electron chi connectivity index (χ4n) is 2.45. The number of hydrogen-bond donors (Lipinski definition) is 2. The van der Waals surface area contributed by atoms with E-state index < -0.39 is 0 Å². The van der Waals surface area contributed by atoms with Crippen molar-refractivity contribution in [2.75, 3.05) is 5.75 Å². The number of hydrogen-bond acceptors (Lipinski definition) is 3. The first-order chi connectivity index (χ1) is 9.65. The summed E-state index contributed by atoms with van der Waals surface area (Å²) in [4.78, 5) is 13.1. The van der Waals surface area contributed by atoms with Gasteiger partial charge in [0.1, 0.15) is 0 Å². The molecule has 1 saturated carbocycles. The minimum absolute atomic E-state index is 0.0411. The van der Waals surface area contributed by atoms with E-state index in [9.17, 15) is 9.90 Å². The van der Waals surface area contributed by atoms with Crippen LogP contribution in [-0.4, -0.2) is 28.9 Å². The third kappa shape index (κ3) is 4.84. The van der Waals surface area contributed by atoms with Gasteiger partial charge >= 0.3 is 0 Å². The molecule has 0 radical (unpaired) electrons. The average molecular weight is 293 g/mol. The predicted octanol–water partition coefficient (Wildman–Crippen LogP) is 2.90. The summed E-state index contributed by atoms with van der Waals surface area (Å²) in [5.74, 6) is 0.827. The number of aliphatic hydroxyl groups excluding tert-OH is 1. The highest BCUT2D eigenvalue weighted by atomic mass is 32.2. The van der Waals surface area contributed by atoms with E-state index in [-0.39, 0.29) is 18.1 Å². The van der Waals surface area contributed by atoms with Crippen molar-refractivity contribution in [3.8, 4) is 0 Å². The number of carbonyl (C=O) groups is 1. The normalized spacial score (nSPS) is 22.5. The molecule has 0 saturated heterocycles. The predicted molar refractivity (Wildman–Crippen MR) is 82.9 cm³/mol. The summed E-state index contributed by atoms with van der Waals surface area (Å²) >= 11 is 1.70. The highest BCUT2D eigenvalue weighted by Gasteiger charge is 2.24. The van der Waals surface area contributed by atoms with Crippen molar-refractivity contribution in [3.05, 3.63) is 29.8 Å². The van der Waals surface area contributed by atoms with Gasteiger partial charge in [0, 0.05) is 17.1 Å². The van der Waals surface area contributed by atoms with Crippen molar-refractivity contribution in [2.45, 2.75) is 56.1 Å². The Labute approximate surface area is 125 Å². The van der Waals surface area contributed by atoms with E-state index in [1.165, 1.54) is 10.5 Å². The van der Waals surface area contributed by atoms with E-state index in [4.69, 9.17) is 0 Å². The van der Waals surface area contributed by atoms with Crippen LogP contribution in [0, 0.1) is 6.92 Å². The maximum atomic E-state index is 11.9. The molecule has 2 N–H and O–H groups in total. The number of aliphatic hydroxyl groups is 1. The van der Waals surface area contributed by atoms with Crippen molar-refractivity contribution < 1.29 is 9.90 Å². The zero-order valence-corrected chi connectivity index (χ0v) is 12.8. The number of benzene rings is 1. The molecule has 1 fully saturated rings. The van der Waals surface area contributed by atoms with Gasteiger partial charge in [0.25, 0.3) is 0 Å². The SMILES string of the molecule is Cc1ccc(SCCC(=O)N[C@@H]2CCCC[C@H]2O)cc1. The summed E-state index contributed by atoms with van der Waals surface area (Å²) in [6.45, 7) is 2.07.